The van der Waals surface area contributed by atoms with Crippen molar-refractivity contribution in [3.05, 3.63) is 94.0 Å². The summed E-state index contributed by atoms with van der Waals surface area (Å²) in [6.07, 6.45) is 2.48. The van der Waals surface area contributed by atoms with Crippen molar-refractivity contribution in [1.82, 2.24) is 10.2 Å². The predicted octanol–water partition coefficient (Wildman–Crippen LogP) is 5.06. The number of carbonyl (C=O) groups is 1. The van der Waals surface area contributed by atoms with Gasteiger partial charge in [-0.15, -0.1) is 0 Å². The molecule has 8 heteroatoms. The molecule has 3 aromatic carbocycles. The molecule has 4 rings (SSSR count). The van der Waals surface area contributed by atoms with E-state index in [1.54, 1.807) is 49.4 Å². The molecule has 0 aromatic heterocycles. The Kier molecular flexibility index (Phi) is 8.34. The van der Waals surface area contributed by atoms with Crippen LogP contribution in [0.25, 0.3) is 0 Å². The van der Waals surface area contributed by atoms with Crippen LogP contribution in [0.4, 0.5) is 5.69 Å². The summed E-state index contributed by atoms with van der Waals surface area (Å²) in [6, 6.07) is 19.8. The van der Waals surface area contributed by atoms with Crippen molar-refractivity contribution in [3.63, 3.8) is 0 Å². The summed E-state index contributed by atoms with van der Waals surface area (Å²) in [7, 11) is -4.00. The summed E-state index contributed by atoms with van der Waals surface area (Å²) < 4.78 is 28.4. The fourth-order valence-corrected chi connectivity index (χ4v) is 6.06. The average molecular weight is 526 g/mol. The maximum atomic E-state index is 13.6. The molecule has 36 heavy (non-hydrogen) atoms. The maximum absolute atomic E-state index is 13.6. The summed E-state index contributed by atoms with van der Waals surface area (Å²) in [6.45, 7) is 6.79. The molecule has 1 aliphatic heterocycles. The van der Waals surface area contributed by atoms with Crippen molar-refractivity contribution in [2.24, 2.45) is 0 Å². The maximum Gasteiger partial charge on any atom is 0.264 e. The molecule has 1 saturated heterocycles. The van der Waals surface area contributed by atoms with Gasteiger partial charge in [0.2, 0.25) is 5.91 Å². The molecule has 1 amide bonds. The van der Waals surface area contributed by atoms with Gasteiger partial charge in [0.05, 0.1) is 10.6 Å². The topological polar surface area (TPSA) is 69.7 Å². The Morgan fingerprint density at radius 3 is 2.39 bits per heavy atom. The van der Waals surface area contributed by atoms with E-state index >= 15 is 0 Å². The number of halogens is 1. The third kappa shape index (κ3) is 6.46. The van der Waals surface area contributed by atoms with Gasteiger partial charge < -0.3 is 5.32 Å². The molecule has 1 heterocycles. The highest BCUT2D eigenvalue weighted by Crippen LogP contribution is 2.29. The molecule has 6 nitrogen and oxygen atoms in total. The van der Waals surface area contributed by atoms with Crippen LogP contribution in [0.1, 0.15) is 35.1 Å². The van der Waals surface area contributed by atoms with Gasteiger partial charge in [0.1, 0.15) is 6.54 Å². The number of benzene rings is 3. The minimum Gasteiger partial charge on any atom is -0.350 e. The molecule has 190 valence electrons. The second-order valence-electron chi connectivity index (χ2n) is 9.34. The first-order valence-electron chi connectivity index (χ1n) is 12.1. The van der Waals surface area contributed by atoms with Gasteiger partial charge in [-0.25, -0.2) is 8.42 Å². The Morgan fingerprint density at radius 1 is 0.972 bits per heavy atom. The largest absolute Gasteiger partial charge is 0.350 e. The first-order chi connectivity index (χ1) is 17.2. The molecule has 0 bridgehead atoms. The van der Waals surface area contributed by atoms with Gasteiger partial charge in [-0.3, -0.25) is 14.0 Å². The Morgan fingerprint density at radius 2 is 1.67 bits per heavy atom. The summed E-state index contributed by atoms with van der Waals surface area (Å²) in [5, 5.41) is 3.29. The normalized spacial score (nSPS) is 14.1. The number of hydrogen-bond donors (Lipinski definition) is 1. The van der Waals surface area contributed by atoms with E-state index in [1.807, 2.05) is 19.1 Å². The minimum atomic E-state index is -4.00. The first kappa shape index (κ1) is 26.2. The van der Waals surface area contributed by atoms with Crippen LogP contribution in [-0.2, 0) is 27.9 Å². The van der Waals surface area contributed by atoms with Gasteiger partial charge in [-0.05, 0) is 80.7 Å². The number of nitrogens with one attached hydrogen (secondary N) is 1. The van der Waals surface area contributed by atoms with E-state index in [-0.39, 0.29) is 11.4 Å². The van der Waals surface area contributed by atoms with Gasteiger partial charge >= 0.3 is 0 Å². The van der Waals surface area contributed by atoms with Gasteiger partial charge in [-0.2, -0.15) is 0 Å². The van der Waals surface area contributed by atoms with E-state index in [0.29, 0.717) is 22.8 Å². The molecule has 1 N–H and O–H groups in total. The number of likely N-dealkylation sites (tertiary alicyclic amines) is 1. The van der Waals surface area contributed by atoms with Crippen LogP contribution in [0.15, 0.2) is 71.6 Å². The highest BCUT2D eigenvalue weighted by Gasteiger charge is 2.28. The van der Waals surface area contributed by atoms with Gasteiger partial charge in [0.15, 0.2) is 0 Å². The predicted molar refractivity (Wildman–Crippen MR) is 145 cm³/mol. The zero-order valence-electron chi connectivity index (χ0n) is 20.7. The molecule has 3 aromatic rings. The van der Waals surface area contributed by atoms with Crippen LogP contribution < -0.4 is 9.62 Å². The van der Waals surface area contributed by atoms with E-state index < -0.39 is 15.9 Å². The number of aryl methyl sites for hydroxylation is 2. The number of carbonyl (C=O) groups excluding carboxylic acids is 1. The quantitative estimate of drug-likeness (QED) is 0.424. The smallest absolute Gasteiger partial charge is 0.264 e. The standard InChI is InChI=1S/C28H32ClN3O3S/c1-21-8-12-26(13-9-21)36(34,35)32(27-17-25(29)11-10-22(27)2)20-28(33)30-18-23-6-5-7-24(16-23)19-31-14-3-4-15-31/h5-13,16-17H,3-4,14-15,18-20H2,1-2H3,(H,30,33). The highest BCUT2D eigenvalue weighted by atomic mass is 35.5. The van der Waals surface area contributed by atoms with E-state index in [9.17, 15) is 13.2 Å². The molecule has 0 aliphatic carbocycles. The van der Waals surface area contributed by atoms with Crippen LogP contribution in [0.2, 0.25) is 5.02 Å². The molecule has 0 atom stereocenters. The lowest BCUT2D eigenvalue weighted by atomic mass is 10.1. The average Bonchev–Trinajstić information content (AvgIpc) is 3.36. The van der Waals surface area contributed by atoms with Crippen LogP contribution in [0.3, 0.4) is 0 Å². The molecule has 1 fully saturated rings. The molecule has 0 radical (unpaired) electrons. The zero-order chi connectivity index (χ0) is 25.7. The highest BCUT2D eigenvalue weighted by molar-refractivity contribution is 7.92. The second kappa shape index (κ2) is 11.5. The van der Waals surface area contributed by atoms with Crippen molar-refractivity contribution in [2.45, 2.75) is 44.7 Å². The van der Waals surface area contributed by atoms with E-state index in [4.69, 9.17) is 11.6 Å². The molecular formula is C28H32ClN3O3S. The van der Waals surface area contributed by atoms with E-state index in [2.05, 4.69) is 22.3 Å². The number of amides is 1. The van der Waals surface area contributed by atoms with Crippen LogP contribution in [0, 0.1) is 13.8 Å². The summed E-state index contributed by atoms with van der Waals surface area (Å²) in [5.41, 5.74) is 4.22. The number of sulfonamides is 1. The van der Waals surface area contributed by atoms with Crippen LogP contribution >= 0.6 is 11.6 Å². The Labute approximate surface area is 218 Å². The van der Waals surface area contributed by atoms with Crippen molar-refractivity contribution < 1.29 is 13.2 Å². The molecular weight excluding hydrogens is 494 g/mol. The lowest BCUT2D eigenvalue weighted by molar-refractivity contribution is -0.119. The van der Waals surface area contributed by atoms with Crippen molar-refractivity contribution in [1.29, 1.82) is 0 Å². The Balaban J connectivity index is 1.52. The second-order valence-corrected chi connectivity index (χ2v) is 11.6. The third-order valence-electron chi connectivity index (χ3n) is 6.42. The first-order valence-corrected chi connectivity index (χ1v) is 14.0. The number of nitrogens with zero attached hydrogens (tertiary/aromatic N) is 2. The van der Waals surface area contributed by atoms with E-state index in [1.165, 1.54) is 18.4 Å². The number of rotatable bonds is 9. The van der Waals surface area contributed by atoms with Gasteiger partial charge in [-0.1, -0.05) is 59.6 Å². The van der Waals surface area contributed by atoms with Crippen molar-refractivity contribution >= 4 is 33.2 Å². The molecule has 0 saturated carbocycles. The fourth-order valence-electron chi connectivity index (χ4n) is 4.41. The van der Waals surface area contributed by atoms with Crippen LogP contribution in [0.5, 0.6) is 0 Å². The summed E-state index contributed by atoms with van der Waals surface area (Å²) in [4.78, 5) is 15.6. The lowest BCUT2D eigenvalue weighted by Crippen LogP contribution is -2.41. The van der Waals surface area contributed by atoms with Gasteiger partial charge in [0.25, 0.3) is 10.0 Å². The SMILES string of the molecule is Cc1ccc(S(=O)(=O)N(CC(=O)NCc2cccc(CN3CCCC3)c2)c2cc(Cl)ccc2C)cc1. The summed E-state index contributed by atoms with van der Waals surface area (Å²) >= 11 is 6.21. The zero-order valence-corrected chi connectivity index (χ0v) is 22.3. The lowest BCUT2D eigenvalue weighted by Gasteiger charge is -2.26. The van der Waals surface area contributed by atoms with Gasteiger partial charge in [0, 0.05) is 18.1 Å². The van der Waals surface area contributed by atoms with Crippen molar-refractivity contribution in [2.75, 3.05) is 23.9 Å². The minimum absolute atomic E-state index is 0.120. The summed E-state index contributed by atoms with van der Waals surface area (Å²) in [5.74, 6) is -0.394. The molecule has 1 aliphatic rings. The number of hydrogen-bond acceptors (Lipinski definition) is 4. The fraction of sp³-hybridized carbons (Fsp3) is 0.321. The Hall–Kier alpha value is -2.87. The number of anilines is 1. The molecule has 0 unspecified atom stereocenters. The van der Waals surface area contributed by atoms with Crippen LogP contribution in [-0.4, -0.2) is 38.9 Å². The monoisotopic (exact) mass is 525 g/mol. The Bertz CT molecular complexity index is 1320. The molecule has 0 spiro atoms. The van der Waals surface area contributed by atoms with E-state index in [0.717, 1.165) is 35.1 Å². The third-order valence-corrected chi connectivity index (χ3v) is 8.43. The van der Waals surface area contributed by atoms with Crippen molar-refractivity contribution in [3.8, 4) is 0 Å².